The molecule has 0 radical (unpaired) electrons. The van der Waals surface area contributed by atoms with Crippen LogP contribution in [-0.2, 0) is 0 Å². The fraction of sp³-hybridized carbons (Fsp3) is 0.0476. The number of hydrogen-bond acceptors (Lipinski definition) is 2. The molecule has 0 atom stereocenters. The van der Waals surface area contributed by atoms with E-state index in [0.29, 0.717) is 5.56 Å². The summed E-state index contributed by atoms with van der Waals surface area (Å²) in [6, 6.07) is 20.3. The van der Waals surface area contributed by atoms with Crippen molar-refractivity contribution in [3.63, 3.8) is 0 Å². The molecule has 2 heteroatoms. The minimum atomic E-state index is 0.703. The summed E-state index contributed by atoms with van der Waals surface area (Å²) in [5, 5.41) is 3.41. The Morgan fingerprint density at radius 3 is 2.65 bits per heavy atom. The number of fused-ring (bicyclic) bond motifs is 2. The predicted molar refractivity (Wildman–Crippen MR) is 94.8 cm³/mol. The smallest absolute Gasteiger partial charge is 0.150 e. The van der Waals surface area contributed by atoms with Crippen LogP contribution in [0.25, 0.3) is 32.8 Å². The number of aldehydes is 1. The van der Waals surface area contributed by atoms with Crippen LogP contribution in [0.1, 0.15) is 15.9 Å². The first kappa shape index (κ1) is 13.6. The van der Waals surface area contributed by atoms with Crippen LogP contribution in [0, 0.1) is 6.92 Å². The average molecular weight is 297 g/mol. The van der Waals surface area contributed by atoms with Gasteiger partial charge in [0.2, 0.25) is 0 Å². The molecule has 0 bridgehead atoms. The molecule has 0 spiro atoms. The summed E-state index contributed by atoms with van der Waals surface area (Å²) < 4.78 is 0. The molecule has 1 aromatic heterocycles. The summed E-state index contributed by atoms with van der Waals surface area (Å²) in [5.41, 5.74) is 5.33. The van der Waals surface area contributed by atoms with Crippen LogP contribution < -0.4 is 0 Å². The van der Waals surface area contributed by atoms with Crippen LogP contribution in [0.3, 0.4) is 0 Å². The van der Waals surface area contributed by atoms with Gasteiger partial charge < -0.3 is 0 Å². The minimum Gasteiger partial charge on any atom is -0.298 e. The van der Waals surface area contributed by atoms with Gasteiger partial charge in [0.1, 0.15) is 6.29 Å². The molecule has 0 aliphatic heterocycles. The van der Waals surface area contributed by atoms with Crippen molar-refractivity contribution in [2.75, 3.05) is 0 Å². The summed E-state index contributed by atoms with van der Waals surface area (Å²) in [6.07, 6.45) is 2.71. The normalized spacial score (nSPS) is 11.0. The van der Waals surface area contributed by atoms with Crippen molar-refractivity contribution in [1.29, 1.82) is 0 Å². The van der Waals surface area contributed by atoms with E-state index in [-0.39, 0.29) is 0 Å². The Balaban J connectivity index is 2.02. The van der Waals surface area contributed by atoms with Crippen LogP contribution in [0.15, 0.2) is 66.9 Å². The zero-order valence-corrected chi connectivity index (χ0v) is 12.8. The highest BCUT2D eigenvalue weighted by Crippen LogP contribution is 2.34. The Hall–Kier alpha value is -3.00. The Morgan fingerprint density at radius 2 is 1.78 bits per heavy atom. The fourth-order valence-electron chi connectivity index (χ4n) is 3.20. The highest BCUT2D eigenvalue weighted by Gasteiger charge is 2.09. The number of carbonyl (C=O) groups excluding carboxylic acids is 1. The van der Waals surface area contributed by atoms with Gasteiger partial charge in [0.25, 0.3) is 0 Å². The lowest BCUT2D eigenvalue weighted by Gasteiger charge is -2.12. The molecule has 0 amide bonds. The van der Waals surface area contributed by atoms with Crippen molar-refractivity contribution in [3.8, 4) is 11.1 Å². The molecule has 0 saturated heterocycles. The van der Waals surface area contributed by atoms with E-state index in [0.717, 1.165) is 22.6 Å². The maximum absolute atomic E-state index is 11.0. The number of benzene rings is 3. The van der Waals surface area contributed by atoms with E-state index in [2.05, 4.69) is 36.2 Å². The first-order valence-corrected chi connectivity index (χ1v) is 7.60. The molecule has 3 aromatic carbocycles. The third-order valence-electron chi connectivity index (χ3n) is 4.39. The van der Waals surface area contributed by atoms with E-state index in [1.165, 1.54) is 22.1 Å². The van der Waals surface area contributed by atoms with Crippen molar-refractivity contribution in [2.45, 2.75) is 6.92 Å². The summed E-state index contributed by atoms with van der Waals surface area (Å²) in [6.45, 7) is 2.14. The Morgan fingerprint density at radius 1 is 0.870 bits per heavy atom. The van der Waals surface area contributed by atoms with E-state index in [1.54, 1.807) is 0 Å². The number of nitrogens with zero attached hydrogens (tertiary/aromatic N) is 1. The fourth-order valence-corrected chi connectivity index (χ4v) is 3.20. The molecule has 0 aliphatic rings. The highest BCUT2D eigenvalue weighted by atomic mass is 16.1. The zero-order valence-electron chi connectivity index (χ0n) is 12.8. The molecular weight excluding hydrogens is 282 g/mol. The van der Waals surface area contributed by atoms with Crippen molar-refractivity contribution >= 4 is 28.0 Å². The molecule has 4 rings (SSSR count). The third-order valence-corrected chi connectivity index (χ3v) is 4.39. The van der Waals surface area contributed by atoms with Crippen molar-refractivity contribution in [1.82, 2.24) is 4.98 Å². The van der Waals surface area contributed by atoms with Gasteiger partial charge in [-0.2, -0.15) is 0 Å². The molecule has 0 saturated carbocycles. The second-order valence-electron chi connectivity index (χ2n) is 5.71. The van der Waals surface area contributed by atoms with Crippen molar-refractivity contribution in [3.05, 3.63) is 78.0 Å². The Bertz CT molecular complexity index is 1050. The molecule has 0 aliphatic carbocycles. The maximum Gasteiger partial charge on any atom is 0.150 e. The van der Waals surface area contributed by atoms with Gasteiger partial charge in [0.15, 0.2) is 0 Å². The van der Waals surface area contributed by atoms with E-state index >= 15 is 0 Å². The molecule has 0 N–H and O–H groups in total. The summed E-state index contributed by atoms with van der Waals surface area (Å²) in [4.78, 5) is 15.4. The molecular formula is C21H15NO. The maximum atomic E-state index is 11.0. The number of pyridine rings is 1. The largest absolute Gasteiger partial charge is 0.298 e. The van der Waals surface area contributed by atoms with E-state index in [4.69, 9.17) is 0 Å². The first-order chi connectivity index (χ1) is 11.3. The molecule has 4 aromatic rings. The van der Waals surface area contributed by atoms with Crippen LogP contribution in [-0.4, -0.2) is 11.3 Å². The molecule has 1 heterocycles. The minimum absolute atomic E-state index is 0.703. The number of aryl methyl sites for hydroxylation is 1. The third kappa shape index (κ3) is 2.20. The molecule has 23 heavy (non-hydrogen) atoms. The molecule has 110 valence electrons. The lowest BCUT2D eigenvalue weighted by Crippen LogP contribution is -1.89. The van der Waals surface area contributed by atoms with Crippen LogP contribution in [0.4, 0.5) is 0 Å². The highest BCUT2D eigenvalue weighted by molar-refractivity contribution is 6.01. The quantitative estimate of drug-likeness (QED) is 0.477. The molecule has 2 nitrogen and oxygen atoms in total. The monoisotopic (exact) mass is 297 g/mol. The summed E-state index contributed by atoms with van der Waals surface area (Å²) in [5.74, 6) is 0. The lowest BCUT2D eigenvalue weighted by atomic mass is 9.92. The second-order valence-corrected chi connectivity index (χ2v) is 5.71. The number of carbonyl (C=O) groups is 1. The van der Waals surface area contributed by atoms with E-state index in [9.17, 15) is 4.79 Å². The number of rotatable bonds is 2. The van der Waals surface area contributed by atoms with Gasteiger partial charge in [-0.1, -0.05) is 42.5 Å². The van der Waals surface area contributed by atoms with Gasteiger partial charge in [-0.3, -0.25) is 9.78 Å². The average Bonchev–Trinajstić information content (AvgIpc) is 2.61. The van der Waals surface area contributed by atoms with Gasteiger partial charge >= 0.3 is 0 Å². The molecule has 0 fully saturated rings. The van der Waals surface area contributed by atoms with Gasteiger partial charge in [-0.25, -0.2) is 0 Å². The second kappa shape index (κ2) is 5.33. The first-order valence-electron chi connectivity index (χ1n) is 7.60. The van der Waals surface area contributed by atoms with Crippen LogP contribution in [0.2, 0.25) is 0 Å². The molecule has 0 unspecified atom stereocenters. The van der Waals surface area contributed by atoms with Crippen LogP contribution >= 0.6 is 0 Å². The zero-order chi connectivity index (χ0) is 15.8. The lowest BCUT2D eigenvalue weighted by molar-refractivity contribution is 0.112. The summed E-state index contributed by atoms with van der Waals surface area (Å²) in [7, 11) is 0. The topological polar surface area (TPSA) is 30.0 Å². The van der Waals surface area contributed by atoms with Crippen molar-refractivity contribution < 1.29 is 4.79 Å². The standard InChI is InChI=1S/C21H15NO/c1-14-17(9-10-21-18(14)6-3-11-22-21)20-5-2-4-16-12-15(13-23)7-8-19(16)20/h2-13H,1H3. The van der Waals surface area contributed by atoms with Crippen molar-refractivity contribution in [2.24, 2.45) is 0 Å². The SMILES string of the molecule is Cc1c(-c2cccc3cc(C=O)ccc23)ccc2ncccc12. The summed E-state index contributed by atoms with van der Waals surface area (Å²) >= 11 is 0. The number of hydrogen-bond donors (Lipinski definition) is 0. The van der Waals surface area contributed by atoms with Crippen LogP contribution in [0.5, 0.6) is 0 Å². The van der Waals surface area contributed by atoms with Gasteiger partial charge in [0.05, 0.1) is 5.52 Å². The van der Waals surface area contributed by atoms with E-state index in [1.807, 2.05) is 42.6 Å². The van der Waals surface area contributed by atoms with Gasteiger partial charge in [-0.05, 0) is 52.6 Å². The number of aromatic nitrogens is 1. The Kier molecular flexibility index (Phi) is 3.16. The van der Waals surface area contributed by atoms with Gasteiger partial charge in [0, 0.05) is 17.1 Å². The van der Waals surface area contributed by atoms with E-state index < -0.39 is 0 Å². The predicted octanol–water partition coefficient (Wildman–Crippen LogP) is 5.18. The Labute approximate surface area is 134 Å². The van der Waals surface area contributed by atoms with Gasteiger partial charge in [-0.15, -0.1) is 0 Å².